The molecule has 15 heavy (non-hydrogen) atoms. The van der Waals surface area contributed by atoms with Gasteiger partial charge in [0, 0.05) is 46.7 Å². The van der Waals surface area contributed by atoms with Gasteiger partial charge in [0.1, 0.15) is 0 Å². The molecule has 0 aromatic rings. The fourth-order valence-electron chi connectivity index (χ4n) is 1.09. The first-order chi connectivity index (χ1) is 7.02. The summed E-state index contributed by atoms with van der Waals surface area (Å²) in [7, 11) is 3.21. The lowest BCUT2D eigenvalue weighted by Gasteiger charge is -2.23. The third-order valence-corrected chi connectivity index (χ3v) is 2.16. The zero-order valence-electron chi connectivity index (χ0n) is 9.80. The summed E-state index contributed by atoms with van der Waals surface area (Å²) in [5, 5.41) is 15.4. The summed E-state index contributed by atoms with van der Waals surface area (Å²) in [6, 6.07) is 0. The SMILES string of the molecule is CNC(=O)CCNCC(C)(O)CCOC. The predicted molar refractivity (Wildman–Crippen MR) is 58.7 cm³/mol. The second-order valence-electron chi connectivity index (χ2n) is 3.84. The lowest BCUT2D eigenvalue weighted by Crippen LogP contribution is -2.39. The van der Waals surface area contributed by atoms with Gasteiger partial charge in [-0.3, -0.25) is 4.79 Å². The number of nitrogens with one attached hydrogen (secondary N) is 2. The fraction of sp³-hybridized carbons (Fsp3) is 0.900. The van der Waals surface area contributed by atoms with Crippen LogP contribution in [0.15, 0.2) is 0 Å². The summed E-state index contributed by atoms with van der Waals surface area (Å²) >= 11 is 0. The van der Waals surface area contributed by atoms with Crippen LogP contribution in [-0.4, -0.2) is 50.5 Å². The average molecular weight is 218 g/mol. The Kier molecular flexibility index (Phi) is 7.29. The highest BCUT2D eigenvalue weighted by Crippen LogP contribution is 2.07. The van der Waals surface area contributed by atoms with Crippen molar-refractivity contribution >= 4 is 5.91 Å². The van der Waals surface area contributed by atoms with Crippen LogP contribution >= 0.6 is 0 Å². The van der Waals surface area contributed by atoms with Crippen LogP contribution in [0, 0.1) is 0 Å². The van der Waals surface area contributed by atoms with Gasteiger partial charge in [0.15, 0.2) is 0 Å². The molecule has 1 unspecified atom stereocenters. The Morgan fingerprint density at radius 1 is 1.53 bits per heavy atom. The van der Waals surface area contributed by atoms with Crippen molar-refractivity contribution in [2.24, 2.45) is 0 Å². The van der Waals surface area contributed by atoms with E-state index >= 15 is 0 Å². The molecule has 3 N–H and O–H groups in total. The van der Waals surface area contributed by atoms with Crippen molar-refractivity contribution in [3.8, 4) is 0 Å². The lowest BCUT2D eigenvalue weighted by atomic mass is 10.0. The Morgan fingerprint density at radius 2 is 2.20 bits per heavy atom. The Labute approximate surface area is 91.2 Å². The maximum atomic E-state index is 10.9. The fourth-order valence-corrected chi connectivity index (χ4v) is 1.09. The number of carbonyl (C=O) groups excluding carboxylic acids is 1. The predicted octanol–water partition coefficient (Wildman–Crippen LogP) is -0.500. The van der Waals surface area contributed by atoms with Crippen molar-refractivity contribution in [2.45, 2.75) is 25.4 Å². The van der Waals surface area contributed by atoms with E-state index in [4.69, 9.17) is 4.74 Å². The molecular weight excluding hydrogens is 196 g/mol. The smallest absolute Gasteiger partial charge is 0.221 e. The molecule has 0 aliphatic carbocycles. The van der Waals surface area contributed by atoms with E-state index in [1.165, 1.54) is 0 Å². The highest BCUT2D eigenvalue weighted by atomic mass is 16.5. The zero-order valence-corrected chi connectivity index (χ0v) is 9.80. The first-order valence-corrected chi connectivity index (χ1v) is 5.14. The largest absolute Gasteiger partial charge is 0.389 e. The van der Waals surface area contributed by atoms with Gasteiger partial charge < -0.3 is 20.5 Å². The standard InChI is InChI=1S/C10H22N2O3/c1-10(14,5-7-15-3)8-12-6-4-9(13)11-2/h12,14H,4-8H2,1-3H3,(H,11,13). The lowest BCUT2D eigenvalue weighted by molar-refractivity contribution is -0.120. The van der Waals surface area contributed by atoms with Crippen LogP contribution < -0.4 is 10.6 Å². The van der Waals surface area contributed by atoms with Crippen molar-refractivity contribution in [3.05, 3.63) is 0 Å². The highest BCUT2D eigenvalue weighted by molar-refractivity contribution is 5.75. The van der Waals surface area contributed by atoms with Gasteiger partial charge in [-0.2, -0.15) is 0 Å². The summed E-state index contributed by atoms with van der Waals surface area (Å²) in [5.74, 6) is -0.000894. The molecule has 0 bridgehead atoms. The first kappa shape index (κ1) is 14.3. The number of methoxy groups -OCH3 is 1. The minimum absolute atomic E-state index is 0.000894. The Bertz CT molecular complexity index is 184. The molecule has 90 valence electrons. The van der Waals surface area contributed by atoms with Crippen LogP contribution in [-0.2, 0) is 9.53 Å². The number of hydrogen-bond donors (Lipinski definition) is 3. The van der Waals surface area contributed by atoms with Gasteiger partial charge in [-0.15, -0.1) is 0 Å². The number of carbonyl (C=O) groups is 1. The molecule has 0 aromatic carbocycles. The second-order valence-corrected chi connectivity index (χ2v) is 3.84. The minimum Gasteiger partial charge on any atom is -0.389 e. The Balaban J connectivity index is 3.52. The van der Waals surface area contributed by atoms with E-state index in [-0.39, 0.29) is 5.91 Å². The molecule has 0 aliphatic rings. The van der Waals surface area contributed by atoms with Gasteiger partial charge in [0.25, 0.3) is 0 Å². The Morgan fingerprint density at radius 3 is 2.73 bits per heavy atom. The topological polar surface area (TPSA) is 70.6 Å². The van der Waals surface area contributed by atoms with E-state index in [1.807, 2.05) is 0 Å². The van der Waals surface area contributed by atoms with E-state index in [0.29, 0.717) is 32.5 Å². The maximum absolute atomic E-state index is 10.9. The molecule has 0 spiro atoms. The van der Waals surface area contributed by atoms with Gasteiger partial charge in [-0.1, -0.05) is 0 Å². The quantitative estimate of drug-likeness (QED) is 0.480. The van der Waals surface area contributed by atoms with E-state index in [0.717, 1.165) is 0 Å². The van der Waals surface area contributed by atoms with E-state index in [2.05, 4.69) is 10.6 Å². The van der Waals surface area contributed by atoms with Gasteiger partial charge in [0.05, 0.1) is 5.60 Å². The average Bonchev–Trinajstić information content (AvgIpc) is 2.21. The van der Waals surface area contributed by atoms with Crippen LogP contribution in [0.5, 0.6) is 0 Å². The first-order valence-electron chi connectivity index (χ1n) is 5.14. The van der Waals surface area contributed by atoms with Crippen LogP contribution in [0.4, 0.5) is 0 Å². The van der Waals surface area contributed by atoms with E-state index in [1.54, 1.807) is 21.1 Å². The summed E-state index contributed by atoms with van der Waals surface area (Å²) in [6.45, 7) is 3.32. The number of aliphatic hydroxyl groups is 1. The molecule has 0 aliphatic heterocycles. The second kappa shape index (κ2) is 7.62. The highest BCUT2D eigenvalue weighted by Gasteiger charge is 2.18. The monoisotopic (exact) mass is 218 g/mol. The van der Waals surface area contributed by atoms with Gasteiger partial charge >= 0.3 is 0 Å². The van der Waals surface area contributed by atoms with Crippen molar-refractivity contribution < 1.29 is 14.6 Å². The molecule has 0 aromatic heterocycles. The number of rotatable bonds is 8. The summed E-state index contributed by atoms with van der Waals surface area (Å²) in [6.07, 6.45) is 1.01. The third kappa shape index (κ3) is 8.35. The van der Waals surface area contributed by atoms with E-state index < -0.39 is 5.60 Å². The molecule has 0 saturated carbocycles. The molecule has 0 heterocycles. The van der Waals surface area contributed by atoms with Crippen LogP contribution in [0.1, 0.15) is 19.8 Å². The minimum atomic E-state index is -0.779. The molecule has 5 nitrogen and oxygen atoms in total. The van der Waals surface area contributed by atoms with Gasteiger partial charge in [-0.05, 0) is 6.92 Å². The number of hydrogen-bond acceptors (Lipinski definition) is 4. The van der Waals surface area contributed by atoms with Gasteiger partial charge in [0.2, 0.25) is 5.91 Å². The zero-order chi connectivity index (χ0) is 11.7. The molecule has 0 saturated heterocycles. The molecule has 0 rings (SSSR count). The number of ether oxygens (including phenoxy) is 1. The van der Waals surface area contributed by atoms with Gasteiger partial charge in [-0.25, -0.2) is 0 Å². The number of amides is 1. The van der Waals surface area contributed by atoms with E-state index in [9.17, 15) is 9.90 Å². The summed E-state index contributed by atoms with van der Waals surface area (Å²) in [5.41, 5.74) is -0.779. The maximum Gasteiger partial charge on any atom is 0.221 e. The van der Waals surface area contributed by atoms with Crippen molar-refractivity contribution in [1.82, 2.24) is 10.6 Å². The van der Waals surface area contributed by atoms with Crippen LogP contribution in [0.2, 0.25) is 0 Å². The Hall–Kier alpha value is -0.650. The molecule has 1 amide bonds. The van der Waals surface area contributed by atoms with Crippen molar-refractivity contribution in [3.63, 3.8) is 0 Å². The van der Waals surface area contributed by atoms with Crippen molar-refractivity contribution in [1.29, 1.82) is 0 Å². The normalized spacial score (nSPS) is 14.7. The van der Waals surface area contributed by atoms with Crippen LogP contribution in [0.3, 0.4) is 0 Å². The molecule has 0 fully saturated rings. The van der Waals surface area contributed by atoms with Crippen LogP contribution in [0.25, 0.3) is 0 Å². The third-order valence-electron chi connectivity index (χ3n) is 2.16. The molecule has 5 heteroatoms. The molecule has 0 radical (unpaired) electrons. The molecular formula is C10H22N2O3. The summed E-state index contributed by atoms with van der Waals surface area (Å²) in [4.78, 5) is 10.9. The summed E-state index contributed by atoms with van der Waals surface area (Å²) < 4.78 is 4.89. The van der Waals surface area contributed by atoms with Crippen molar-refractivity contribution in [2.75, 3.05) is 33.9 Å². The molecule has 1 atom stereocenters.